The standard InChI is InChI=1S/C16H33N3.Y/c1-14(2)19-11-5-15(6-12-19)13-18(4)16-7-9-17(3)10-8-16;/h14-16H,5-13H2,1-4H3;. The van der Waals surface area contributed by atoms with E-state index >= 15 is 0 Å². The summed E-state index contributed by atoms with van der Waals surface area (Å²) in [5, 5.41) is 0. The number of likely N-dealkylation sites (tertiary alicyclic amines) is 2. The molecule has 4 heteroatoms. The number of hydrogen-bond donors (Lipinski definition) is 0. The van der Waals surface area contributed by atoms with Crippen LogP contribution in [0.2, 0.25) is 0 Å². The SMILES string of the molecule is CC(C)N1CCC(CN(C)C2CCN(C)CC2)CC1.[Y]. The minimum atomic E-state index is 0. The summed E-state index contributed by atoms with van der Waals surface area (Å²) in [5.74, 6) is 0.930. The Kier molecular flexibility index (Phi) is 8.75. The average molecular weight is 356 g/mol. The summed E-state index contributed by atoms with van der Waals surface area (Å²) in [7, 11) is 4.60. The van der Waals surface area contributed by atoms with E-state index in [9.17, 15) is 0 Å². The van der Waals surface area contributed by atoms with Gasteiger partial charge < -0.3 is 14.7 Å². The maximum Gasteiger partial charge on any atom is 0.0117 e. The number of piperidine rings is 2. The van der Waals surface area contributed by atoms with E-state index < -0.39 is 0 Å². The molecule has 0 aliphatic carbocycles. The summed E-state index contributed by atoms with van der Waals surface area (Å²) in [4.78, 5) is 7.75. The van der Waals surface area contributed by atoms with Gasteiger partial charge in [-0.25, -0.2) is 0 Å². The van der Waals surface area contributed by atoms with Gasteiger partial charge in [-0.1, -0.05) is 0 Å². The molecule has 115 valence electrons. The molecule has 1 radical (unpaired) electrons. The Morgan fingerprint density at radius 3 is 2.05 bits per heavy atom. The zero-order valence-corrected chi connectivity index (χ0v) is 16.9. The summed E-state index contributed by atoms with van der Waals surface area (Å²) in [6, 6.07) is 1.56. The molecule has 0 amide bonds. The van der Waals surface area contributed by atoms with Crippen LogP contribution >= 0.6 is 0 Å². The minimum absolute atomic E-state index is 0. The van der Waals surface area contributed by atoms with E-state index in [0.29, 0.717) is 0 Å². The molecule has 20 heavy (non-hydrogen) atoms. The van der Waals surface area contributed by atoms with E-state index in [1.807, 2.05) is 0 Å². The van der Waals surface area contributed by atoms with Crippen LogP contribution in [-0.4, -0.2) is 73.6 Å². The molecule has 0 aromatic heterocycles. The molecular weight excluding hydrogens is 323 g/mol. The Hall–Kier alpha value is 0.984. The van der Waals surface area contributed by atoms with Crippen molar-refractivity contribution >= 4 is 0 Å². The van der Waals surface area contributed by atoms with E-state index in [1.165, 1.54) is 58.4 Å². The normalized spacial score (nSPS) is 24.3. The third-order valence-corrected chi connectivity index (χ3v) is 5.24. The van der Waals surface area contributed by atoms with Gasteiger partial charge in [0.2, 0.25) is 0 Å². The largest absolute Gasteiger partial charge is 0.306 e. The van der Waals surface area contributed by atoms with Gasteiger partial charge in [-0.3, -0.25) is 0 Å². The fourth-order valence-electron chi connectivity index (χ4n) is 3.64. The quantitative estimate of drug-likeness (QED) is 0.764. The molecule has 2 saturated heterocycles. The van der Waals surface area contributed by atoms with Gasteiger partial charge in [0.15, 0.2) is 0 Å². The smallest absolute Gasteiger partial charge is 0.0117 e. The van der Waals surface area contributed by atoms with Gasteiger partial charge in [0.05, 0.1) is 0 Å². The van der Waals surface area contributed by atoms with Crippen LogP contribution in [0.3, 0.4) is 0 Å². The molecule has 2 rings (SSSR count). The van der Waals surface area contributed by atoms with E-state index in [4.69, 9.17) is 0 Å². The van der Waals surface area contributed by atoms with E-state index in [0.717, 1.165) is 18.0 Å². The number of nitrogens with zero attached hydrogens (tertiary/aromatic N) is 3. The molecule has 0 spiro atoms. The van der Waals surface area contributed by atoms with Crippen LogP contribution in [0.15, 0.2) is 0 Å². The second-order valence-corrected chi connectivity index (χ2v) is 7.05. The molecule has 0 atom stereocenters. The summed E-state index contributed by atoms with van der Waals surface area (Å²) in [5.41, 5.74) is 0. The van der Waals surface area contributed by atoms with Crippen molar-refractivity contribution in [3.8, 4) is 0 Å². The van der Waals surface area contributed by atoms with Gasteiger partial charge in [-0.2, -0.15) is 0 Å². The van der Waals surface area contributed by atoms with Gasteiger partial charge in [0, 0.05) is 51.3 Å². The van der Waals surface area contributed by atoms with Gasteiger partial charge in [-0.15, -0.1) is 0 Å². The molecule has 2 heterocycles. The van der Waals surface area contributed by atoms with Crippen molar-refractivity contribution in [2.24, 2.45) is 5.92 Å². The fraction of sp³-hybridized carbons (Fsp3) is 1.00. The van der Waals surface area contributed by atoms with Gasteiger partial charge in [0.1, 0.15) is 0 Å². The summed E-state index contributed by atoms with van der Waals surface area (Å²) >= 11 is 0. The van der Waals surface area contributed by atoms with Crippen LogP contribution in [0.5, 0.6) is 0 Å². The summed E-state index contributed by atoms with van der Waals surface area (Å²) in [6.07, 6.45) is 5.51. The Morgan fingerprint density at radius 1 is 1.00 bits per heavy atom. The van der Waals surface area contributed by atoms with Crippen molar-refractivity contribution in [1.82, 2.24) is 14.7 Å². The maximum absolute atomic E-state index is 2.66. The molecule has 0 unspecified atom stereocenters. The molecule has 0 N–H and O–H groups in total. The van der Waals surface area contributed by atoms with E-state index in [1.54, 1.807) is 0 Å². The van der Waals surface area contributed by atoms with Crippen LogP contribution in [-0.2, 0) is 32.7 Å². The maximum atomic E-state index is 2.66. The fourth-order valence-corrected chi connectivity index (χ4v) is 3.64. The van der Waals surface area contributed by atoms with E-state index in [-0.39, 0.29) is 32.7 Å². The second-order valence-electron chi connectivity index (χ2n) is 7.05. The van der Waals surface area contributed by atoms with Crippen molar-refractivity contribution in [2.45, 2.75) is 51.6 Å². The van der Waals surface area contributed by atoms with Crippen molar-refractivity contribution in [2.75, 3.05) is 46.8 Å². The monoisotopic (exact) mass is 356 g/mol. The first-order valence-electron chi connectivity index (χ1n) is 8.19. The molecule has 3 nitrogen and oxygen atoms in total. The molecule has 0 bridgehead atoms. The Balaban J connectivity index is 0.00000200. The first-order valence-corrected chi connectivity index (χ1v) is 8.19. The number of hydrogen-bond acceptors (Lipinski definition) is 3. The zero-order valence-electron chi connectivity index (χ0n) is 14.0. The van der Waals surface area contributed by atoms with Crippen molar-refractivity contribution in [3.05, 3.63) is 0 Å². The van der Waals surface area contributed by atoms with Gasteiger partial charge in [-0.05, 0) is 85.7 Å². The molecule has 0 aromatic rings. The molecular formula is C16H33N3Y. The first kappa shape index (κ1) is 19.0. The molecule has 0 saturated carbocycles. The third kappa shape index (κ3) is 5.64. The molecule has 2 aliphatic rings. The predicted molar refractivity (Wildman–Crippen MR) is 82.6 cm³/mol. The Bertz CT molecular complexity index is 256. The van der Waals surface area contributed by atoms with Crippen LogP contribution < -0.4 is 0 Å². The third-order valence-electron chi connectivity index (χ3n) is 5.24. The number of rotatable bonds is 4. The van der Waals surface area contributed by atoms with Crippen LogP contribution in [0, 0.1) is 5.92 Å². The first-order chi connectivity index (χ1) is 9.06. The summed E-state index contributed by atoms with van der Waals surface area (Å²) < 4.78 is 0. The van der Waals surface area contributed by atoms with Crippen molar-refractivity contribution < 1.29 is 32.7 Å². The second kappa shape index (κ2) is 9.20. The van der Waals surface area contributed by atoms with E-state index in [2.05, 4.69) is 42.6 Å². The molecule has 0 aromatic carbocycles. The van der Waals surface area contributed by atoms with Gasteiger partial charge in [0.25, 0.3) is 0 Å². The molecule has 2 aliphatic heterocycles. The van der Waals surface area contributed by atoms with Gasteiger partial charge >= 0.3 is 0 Å². The Labute approximate surface area is 151 Å². The zero-order chi connectivity index (χ0) is 13.8. The van der Waals surface area contributed by atoms with Crippen LogP contribution in [0.1, 0.15) is 39.5 Å². The van der Waals surface area contributed by atoms with Crippen LogP contribution in [0.25, 0.3) is 0 Å². The predicted octanol–water partition coefficient (Wildman–Crippen LogP) is 2.13. The van der Waals surface area contributed by atoms with Crippen molar-refractivity contribution in [3.63, 3.8) is 0 Å². The summed E-state index contributed by atoms with van der Waals surface area (Å²) in [6.45, 7) is 11.1. The van der Waals surface area contributed by atoms with Crippen molar-refractivity contribution in [1.29, 1.82) is 0 Å². The molecule has 2 fully saturated rings. The topological polar surface area (TPSA) is 9.72 Å². The average Bonchev–Trinajstić information content (AvgIpc) is 2.40. The van der Waals surface area contributed by atoms with Crippen LogP contribution in [0.4, 0.5) is 0 Å². The minimum Gasteiger partial charge on any atom is -0.306 e. The Morgan fingerprint density at radius 2 is 1.55 bits per heavy atom.